The van der Waals surface area contributed by atoms with Gasteiger partial charge in [0, 0.05) is 18.5 Å². The van der Waals surface area contributed by atoms with Crippen molar-refractivity contribution in [1.82, 2.24) is 9.97 Å². The fourth-order valence-corrected chi connectivity index (χ4v) is 5.69. The van der Waals surface area contributed by atoms with Crippen molar-refractivity contribution in [2.75, 3.05) is 38.3 Å². The Morgan fingerprint density at radius 1 is 1.21 bits per heavy atom. The molecular formula is C22H26FN4OS+. The van der Waals surface area contributed by atoms with Crippen LogP contribution in [0.15, 0.2) is 24.3 Å². The van der Waals surface area contributed by atoms with Gasteiger partial charge in [-0.25, -0.2) is 14.4 Å². The maximum absolute atomic E-state index is 13.7. The van der Waals surface area contributed by atoms with Crippen LogP contribution in [0.25, 0.3) is 10.2 Å². The van der Waals surface area contributed by atoms with Gasteiger partial charge < -0.3 is 14.5 Å². The molecule has 0 unspecified atom stereocenters. The summed E-state index contributed by atoms with van der Waals surface area (Å²) in [5.41, 5.74) is 2.38. The molecule has 5 nitrogen and oxygen atoms in total. The average Bonchev–Trinajstić information content (AvgIpc) is 3.29. The SMILES string of the molecule is CN(Cc1cccc(F)c1)c1nc(C[NH+]2CCOCC2)nc2sc3c(c12)CCC3. The maximum Gasteiger partial charge on any atom is 0.187 e. The predicted molar refractivity (Wildman–Crippen MR) is 113 cm³/mol. The summed E-state index contributed by atoms with van der Waals surface area (Å²) in [7, 11) is 2.05. The molecule has 0 radical (unpaired) electrons. The third kappa shape index (κ3) is 3.86. The molecule has 5 rings (SSSR count). The zero-order valence-electron chi connectivity index (χ0n) is 16.7. The number of benzene rings is 1. The highest BCUT2D eigenvalue weighted by atomic mass is 32.1. The van der Waals surface area contributed by atoms with Crippen LogP contribution >= 0.6 is 11.3 Å². The number of nitrogens with one attached hydrogen (secondary N) is 1. The summed E-state index contributed by atoms with van der Waals surface area (Å²) >= 11 is 1.83. The molecule has 1 aromatic carbocycles. The topological polar surface area (TPSA) is 42.7 Å². The van der Waals surface area contributed by atoms with Crippen molar-refractivity contribution in [3.8, 4) is 0 Å². The van der Waals surface area contributed by atoms with E-state index in [4.69, 9.17) is 14.7 Å². The molecule has 0 atom stereocenters. The lowest BCUT2D eigenvalue weighted by Crippen LogP contribution is -3.12. The van der Waals surface area contributed by atoms with Gasteiger partial charge in [0.1, 0.15) is 36.1 Å². The molecule has 2 aromatic heterocycles. The van der Waals surface area contributed by atoms with Gasteiger partial charge in [0.25, 0.3) is 0 Å². The summed E-state index contributed by atoms with van der Waals surface area (Å²) in [5, 5.41) is 1.21. The molecule has 1 saturated heterocycles. The summed E-state index contributed by atoms with van der Waals surface area (Å²) in [4.78, 5) is 16.2. The molecule has 1 aliphatic heterocycles. The lowest BCUT2D eigenvalue weighted by atomic mass is 10.1. The number of quaternary nitrogens is 1. The molecular weight excluding hydrogens is 387 g/mol. The molecule has 152 valence electrons. The number of fused-ring (bicyclic) bond motifs is 3. The summed E-state index contributed by atoms with van der Waals surface area (Å²) in [6, 6.07) is 6.82. The Balaban J connectivity index is 1.52. The number of nitrogens with zero attached hydrogens (tertiary/aromatic N) is 3. The number of ether oxygens (including phenoxy) is 1. The van der Waals surface area contributed by atoms with Crippen LogP contribution in [0, 0.1) is 5.82 Å². The van der Waals surface area contributed by atoms with Crippen LogP contribution in [-0.4, -0.2) is 43.3 Å². The minimum Gasteiger partial charge on any atom is -0.370 e. The van der Waals surface area contributed by atoms with Gasteiger partial charge >= 0.3 is 0 Å². The Kier molecular flexibility index (Phi) is 5.20. The lowest BCUT2D eigenvalue weighted by Gasteiger charge is -2.24. The summed E-state index contributed by atoms with van der Waals surface area (Å²) < 4.78 is 19.2. The normalized spacial score (nSPS) is 17.0. The second-order valence-corrected chi connectivity index (χ2v) is 9.11. The van der Waals surface area contributed by atoms with Crippen molar-refractivity contribution in [2.45, 2.75) is 32.4 Å². The zero-order valence-corrected chi connectivity index (χ0v) is 17.5. The predicted octanol–water partition coefficient (Wildman–Crippen LogP) is 2.37. The molecule has 0 saturated carbocycles. The minimum atomic E-state index is -0.197. The second kappa shape index (κ2) is 7.97. The van der Waals surface area contributed by atoms with Crippen molar-refractivity contribution >= 4 is 27.4 Å². The van der Waals surface area contributed by atoms with E-state index >= 15 is 0 Å². The highest BCUT2D eigenvalue weighted by Crippen LogP contribution is 2.40. The highest BCUT2D eigenvalue weighted by molar-refractivity contribution is 7.19. The summed E-state index contributed by atoms with van der Waals surface area (Å²) in [6.45, 7) is 5.04. The van der Waals surface area contributed by atoms with Crippen LogP contribution in [0.1, 0.15) is 28.2 Å². The van der Waals surface area contributed by atoms with Gasteiger partial charge in [0.15, 0.2) is 5.82 Å². The van der Waals surface area contributed by atoms with Gasteiger partial charge in [0.05, 0.1) is 18.6 Å². The number of morpholine rings is 1. The number of hydrogen-bond donors (Lipinski definition) is 1. The Morgan fingerprint density at radius 2 is 2.07 bits per heavy atom. The van der Waals surface area contributed by atoms with Crippen molar-refractivity contribution in [1.29, 1.82) is 0 Å². The zero-order chi connectivity index (χ0) is 19.8. The van der Waals surface area contributed by atoms with E-state index in [9.17, 15) is 4.39 Å². The fraction of sp³-hybridized carbons (Fsp3) is 0.455. The molecule has 0 spiro atoms. The fourth-order valence-electron chi connectivity index (χ4n) is 4.42. The lowest BCUT2D eigenvalue weighted by molar-refractivity contribution is -0.922. The average molecular weight is 414 g/mol. The van der Waals surface area contributed by atoms with Crippen LogP contribution in [-0.2, 0) is 30.7 Å². The third-order valence-corrected chi connectivity index (χ3v) is 7.06. The van der Waals surface area contributed by atoms with Gasteiger partial charge in [-0.1, -0.05) is 12.1 Å². The number of thiophene rings is 1. The number of hydrogen-bond acceptors (Lipinski definition) is 5. The number of aryl methyl sites for hydroxylation is 2. The molecule has 2 aliphatic rings. The van der Waals surface area contributed by atoms with Gasteiger partial charge in [0.2, 0.25) is 0 Å². The largest absolute Gasteiger partial charge is 0.370 e. The first-order valence-electron chi connectivity index (χ1n) is 10.4. The van der Waals surface area contributed by atoms with E-state index in [1.165, 1.54) is 33.2 Å². The summed E-state index contributed by atoms with van der Waals surface area (Å²) in [6.07, 6.45) is 3.46. The Hall–Kier alpha value is -2.09. The van der Waals surface area contributed by atoms with E-state index in [0.717, 1.165) is 67.7 Å². The van der Waals surface area contributed by atoms with Crippen molar-refractivity contribution < 1.29 is 14.0 Å². The molecule has 1 aliphatic carbocycles. The van der Waals surface area contributed by atoms with Crippen molar-refractivity contribution in [3.05, 3.63) is 51.9 Å². The van der Waals surface area contributed by atoms with Crippen LogP contribution < -0.4 is 9.80 Å². The number of anilines is 1. The molecule has 3 heterocycles. The monoisotopic (exact) mass is 413 g/mol. The van der Waals surface area contributed by atoms with E-state index in [1.54, 1.807) is 12.1 Å². The van der Waals surface area contributed by atoms with Crippen LogP contribution in [0.4, 0.5) is 10.2 Å². The van der Waals surface area contributed by atoms with Gasteiger partial charge in [-0.2, -0.15) is 0 Å². The molecule has 0 amide bonds. The molecule has 1 fully saturated rings. The van der Waals surface area contributed by atoms with E-state index in [1.807, 2.05) is 17.4 Å². The first kappa shape index (κ1) is 18.9. The standard InChI is InChI=1S/C22H25FN4OS/c1-26(13-15-4-2-5-16(23)12-15)21-20-17-6-3-7-18(17)29-22(20)25-19(24-21)14-27-8-10-28-11-9-27/h2,4-5,12H,3,6-11,13-14H2,1H3/p+1. The van der Waals surface area contributed by atoms with E-state index in [-0.39, 0.29) is 5.82 Å². The van der Waals surface area contributed by atoms with Gasteiger partial charge in [-0.15, -0.1) is 11.3 Å². The Labute approximate surface area is 174 Å². The van der Waals surface area contributed by atoms with Crippen LogP contribution in [0.5, 0.6) is 0 Å². The first-order valence-corrected chi connectivity index (χ1v) is 11.2. The second-order valence-electron chi connectivity index (χ2n) is 8.03. The number of rotatable bonds is 5. The quantitative estimate of drug-likeness (QED) is 0.698. The van der Waals surface area contributed by atoms with Crippen molar-refractivity contribution in [2.24, 2.45) is 0 Å². The molecule has 7 heteroatoms. The third-order valence-electron chi connectivity index (χ3n) is 5.87. The highest BCUT2D eigenvalue weighted by Gasteiger charge is 2.25. The van der Waals surface area contributed by atoms with Crippen LogP contribution in [0.3, 0.4) is 0 Å². The van der Waals surface area contributed by atoms with E-state index in [0.29, 0.717) is 6.54 Å². The van der Waals surface area contributed by atoms with Gasteiger partial charge in [-0.05, 0) is 42.5 Å². The first-order chi connectivity index (χ1) is 14.2. The minimum absolute atomic E-state index is 0.197. The number of halogens is 1. The van der Waals surface area contributed by atoms with Gasteiger partial charge in [-0.3, -0.25) is 0 Å². The van der Waals surface area contributed by atoms with Crippen LogP contribution in [0.2, 0.25) is 0 Å². The smallest absolute Gasteiger partial charge is 0.187 e. The number of aromatic nitrogens is 2. The molecule has 0 bridgehead atoms. The Bertz CT molecular complexity index is 1030. The Morgan fingerprint density at radius 3 is 2.90 bits per heavy atom. The van der Waals surface area contributed by atoms with Crippen molar-refractivity contribution in [3.63, 3.8) is 0 Å². The molecule has 29 heavy (non-hydrogen) atoms. The molecule has 1 N–H and O–H groups in total. The molecule has 3 aromatic rings. The van der Waals surface area contributed by atoms with E-state index in [2.05, 4.69) is 11.9 Å². The summed E-state index contributed by atoms with van der Waals surface area (Å²) in [5.74, 6) is 1.69. The maximum atomic E-state index is 13.7. The van der Waals surface area contributed by atoms with E-state index < -0.39 is 0 Å².